The van der Waals surface area contributed by atoms with Gasteiger partial charge in [0.15, 0.2) is 0 Å². The molecule has 2 nitrogen and oxygen atoms in total. The van der Waals surface area contributed by atoms with E-state index in [9.17, 15) is 14.3 Å². The van der Waals surface area contributed by atoms with Crippen LogP contribution in [-0.2, 0) is 11.2 Å². The highest BCUT2D eigenvalue weighted by molar-refractivity contribution is 6.31. The highest BCUT2D eigenvalue weighted by Gasteiger charge is 2.36. The number of rotatable bonds is 7. The molecule has 0 amide bonds. The van der Waals surface area contributed by atoms with Crippen LogP contribution in [0, 0.1) is 11.2 Å². The van der Waals surface area contributed by atoms with Gasteiger partial charge in [-0.3, -0.25) is 4.79 Å². The maximum absolute atomic E-state index is 13.3. The Bertz CT molecular complexity index is 448. The molecule has 0 saturated heterocycles. The number of aliphatic carboxylic acids is 1. The first-order chi connectivity index (χ1) is 8.95. The van der Waals surface area contributed by atoms with Gasteiger partial charge in [0.25, 0.3) is 0 Å². The Labute approximate surface area is 118 Å². The van der Waals surface area contributed by atoms with Crippen LogP contribution in [0.3, 0.4) is 0 Å². The van der Waals surface area contributed by atoms with E-state index in [1.54, 1.807) is 0 Å². The lowest BCUT2D eigenvalue weighted by Crippen LogP contribution is -2.33. The second-order valence-electron chi connectivity index (χ2n) is 4.96. The van der Waals surface area contributed by atoms with Crippen molar-refractivity contribution in [2.24, 2.45) is 5.41 Å². The Hall–Kier alpha value is -1.09. The molecule has 1 aromatic rings. The van der Waals surface area contributed by atoms with Crippen LogP contribution in [0.25, 0.3) is 0 Å². The van der Waals surface area contributed by atoms with Crippen LogP contribution in [0.4, 0.5) is 4.39 Å². The fraction of sp³-hybridized carbons (Fsp3) is 0.533. The van der Waals surface area contributed by atoms with E-state index in [-0.39, 0.29) is 12.2 Å². The van der Waals surface area contributed by atoms with Gasteiger partial charge in [0.2, 0.25) is 0 Å². The molecule has 0 bridgehead atoms. The number of halogens is 2. The van der Waals surface area contributed by atoms with Crippen molar-refractivity contribution in [1.82, 2.24) is 0 Å². The van der Waals surface area contributed by atoms with Crippen LogP contribution < -0.4 is 0 Å². The molecule has 1 rings (SSSR count). The Kier molecular flexibility index (Phi) is 5.80. The predicted octanol–water partition coefficient (Wildman–Crippen LogP) is 4.69. The Morgan fingerprint density at radius 2 is 2.11 bits per heavy atom. The highest BCUT2D eigenvalue weighted by atomic mass is 35.5. The first-order valence-corrected chi connectivity index (χ1v) is 7.00. The standard InChI is InChI=1S/C15H20ClFO2/c1-3-5-8-15(4-2,14(18)19)10-11-9-12(17)6-7-13(11)16/h6-7,9H,3-5,8,10H2,1-2H3,(H,18,19). The van der Waals surface area contributed by atoms with Crippen molar-refractivity contribution in [2.75, 3.05) is 0 Å². The number of unbranched alkanes of at least 4 members (excludes halogenated alkanes) is 1. The van der Waals surface area contributed by atoms with E-state index in [1.807, 2.05) is 13.8 Å². The van der Waals surface area contributed by atoms with Gasteiger partial charge in [0, 0.05) is 5.02 Å². The third-order valence-corrected chi connectivity index (χ3v) is 4.04. The van der Waals surface area contributed by atoms with Crippen LogP contribution in [-0.4, -0.2) is 11.1 Å². The van der Waals surface area contributed by atoms with E-state index in [4.69, 9.17) is 11.6 Å². The predicted molar refractivity (Wildman–Crippen MR) is 75.0 cm³/mol. The molecular formula is C15H20ClFO2. The van der Waals surface area contributed by atoms with Crippen molar-refractivity contribution < 1.29 is 14.3 Å². The molecule has 1 aromatic carbocycles. The van der Waals surface area contributed by atoms with Gasteiger partial charge in [0.05, 0.1) is 5.41 Å². The lowest BCUT2D eigenvalue weighted by Gasteiger charge is -2.28. The SMILES string of the molecule is CCCCC(CC)(Cc1cc(F)ccc1Cl)C(=O)O. The van der Waals surface area contributed by atoms with Gasteiger partial charge < -0.3 is 5.11 Å². The molecule has 0 spiro atoms. The summed E-state index contributed by atoms with van der Waals surface area (Å²) in [5.41, 5.74) is -0.282. The molecule has 0 saturated carbocycles. The maximum atomic E-state index is 13.3. The lowest BCUT2D eigenvalue weighted by molar-refractivity contribution is -0.149. The van der Waals surface area contributed by atoms with Gasteiger partial charge in [-0.05, 0) is 43.0 Å². The summed E-state index contributed by atoms with van der Waals surface area (Å²) in [7, 11) is 0. The number of carbonyl (C=O) groups is 1. The molecule has 1 N–H and O–H groups in total. The topological polar surface area (TPSA) is 37.3 Å². The molecule has 0 heterocycles. The zero-order chi connectivity index (χ0) is 14.5. The van der Waals surface area contributed by atoms with Crippen LogP contribution in [0.1, 0.15) is 45.1 Å². The van der Waals surface area contributed by atoms with Crippen LogP contribution in [0.2, 0.25) is 5.02 Å². The van der Waals surface area contributed by atoms with Crippen molar-refractivity contribution in [3.05, 3.63) is 34.6 Å². The van der Waals surface area contributed by atoms with Crippen molar-refractivity contribution in [1.29, 1.82) is 0 Å². The van der Waals surface area contributed by atoms with Crippen molar-refractivity contribution in [3.8, 4) is 0 Å². The lowest BCUT2D eigenvalue weighted by atomic mass is 9.75. The number of benzene rings is 1. The third-order valence-electron chi connectivity index (χ3n) is 3.68. The molecule has 0 aliphatic heterocycles. The summed E-state index contributed by atoms with van der Waals surface area (Å²) in [5.74, 6) is -1.21. The zero-order valence-electron chi connectivity index (χ0n) is 11.4. The minimum atomic E-state index is -0.854. The average Bonchev–Trinajstić information content (AvgIpc) is 2.38. The summed E-state index contributed by atoms with van der Waals surface area (Å²) >= 11 is 6.04. The van der Waals surface area contributed by atoms with Crippen LogP contribution >= 0.6 is 11.6 Å². The van der Waals surface area contributed by atoms with Gasteiger partial charge >= 0.3 is 5.97 Å². The van der Waals surface area contributed by atoms with E-state index in [0.29, 0.717) is 23.4 Å². The second-order valence-corrected chi connectivity index (χ2v) is 5.36. The molecule has 0 aromatic heterocycles. The summed E-state index contributed by atoms with van der Waals surface area (Å²) in [4.78, 5) is 11.6. The maximum Gasteiger partial charge on any atom is 0.309 e. The van der Waals surface area contributed by atoms with E-state index >= 15 is 0 Å². The quantitative estimate of drug-likeness (QED) is 0.789. The molecule has 0 radical (unpaired) electrons. The van der Waals surface area contributed by atoms with E-state index in [2.05, 4.69) is 0 Å². The molecule has 1 unspecified atom stereocenters. The Morgan fingerprint density at radius 3 is 2.63 bits per heavy atom. The van der Waals surface area contributed by atoms with Gasteiger partial charge in [-0.15, -0.1) is 0 Å². The third kappa shape index (κ3) is 3.93. The van der Waals surface area contributed by atoms with Crippen molar-refractivity contribution >= 4 is 17.6 Å². The van der Waals surface area contributed by atoms with Crippen LogP contribution in [0.5, 0.6) is 0 Å². The number of carboxylic acid groups (broad SMARTS) is 1. The van der Waals surface area contributed by atoms with E-state index in [0.717, 1.165) is 12.8 Å². The monoisotopic (exact) mass is 286 g/mol. The molecule has 1 atom stereocenters. The van der Waals surface area contributed by atoms with Crippen molar-refractivity contribution in [2.45, 2.75) is 46.0 Å². The molecule has 19 heavy (non-hydrogen) atoms. The molecule has 4 heteroatoms. The fourth-order valence-corrected chi connectivity index (χ4v) is 2.47. The summed E-state index contributed by atoms with van der Waals surface area (Å²) in [6, 6.07) is 4.10. The Balaban J connectivity index is 3.05. The number of carboxylic acids is 1. The van der Waals surface area contributed by atoms with Crippen LogP contribution in [0.15, 0.2) is 18.2 Å². The van der Waals surface area contributed by atoms with Crippen molar-refractivity contribution in [3.63, 3.8) is 0 Å². The summed E-state index contributed by atoms with van der Waals surface area (Å²) in [6.07, 6.45) is 3.14. The van der Waals surface area contributed by atoms with Gasteiger partial charge in [-0.1, -0.05) is 38.3 Å². The summed E-state index contributed by atoms with van der Waals surface area (Å²) in [5, 5.41) is 9.96. The summed E-state index contributed by atoms with van der Waals surface area (Å²) < 4.78 is 13.3. The highest BCUT2D eigenvalue weighted by Crippen LogP contribution is 2.35. The average molecular weight is 287 g/mol. The number of hydrogen-bond donors (Lipinski definition) is 1. The molecular weight excluding hydrogens is 267 g/mol. The first kappa shape index (κ1) is 16.0. The molecule has 0 aliphatic carbocycles. The first-order valence-electron chi connectivity index (χ1n) is 6.62. The smallest absolute Gasteiger partial charge is 0.309 e. The minimum absolute atomic E-state index is 0.273. The largest absolute Gasteiger partial charge is 0.481 e. The number of hydrogen-bond acceptors (Lipinski definition) is 1. The van der Waals surface area contributed by atoms with E-state index < -0.39 is 11.4 Å². The molecule has 0 aliphatic rings. The minimum Gasteiger partial charge on any atom is -0.481 e. The Morgan fingerprint density at radius 1 is 1.42 bits per heavy atom. The van der Waals surface area contributed by atoms with Gasteiger partial charge in [-0.25, -0.2) is 4.39 Å². The van der Waals surface area contributed by atoms with Gasteiger partial charge in [0.1, 0.15) is 5.82 Å². The fourth-order valence-electron chi connectivity index (χ4n) is 2.28. The summed E-state index contributed by atoms with van der Waals surface area (Å²) in [6.45, 7) is 3.88. The normalized spacial score (nSPS) is 14.1. The zero-order valence-corrected chi connectivity index (χ0v) is 12.1. The molecule has 0 fully saturated rings. The van der Waals surface area contributed by atoms with E-state index in [1.165, 1.54) is 18.2 Å². The molecule has 106 valence electrons. The van der Waals surface area contributed by atoms with Gasteiger partial charge in [-0.2, -0.15) is 0 Å². The second kappa shape index (κ2) is 6.90.